The zero-order valence-corrected chi connectivity index (χ0v) is 32.7. The van der Waals surface area contributed by atoms with Crippen LogP contribution in [0.25, 0.3) is 11.3 Å². The molecular formula is C45H52N8O4. The van der Waals surface area contributed by atoms with Crippen LogP contribution in [0, 0.1) is 11.8 Å². The van der Waals surface area contributed by atoms with E-state index in [1.165, 1.54) is 0 Å². The van der Waals surface area contributed by atoms with Gasteiger partial charge in [-0.05, 0) is 92.7 Å². The summed E-state index contributed by atoms with van der Waals surface area (Å²) < 4.78 is 0. The quantitative estimate of drug-likeness (QED) is 0.238. The molecule has 2 aromatic carbocycles. The van der Waals surface area contributed by atoms with E-state index >= 15 is 0 Å². The molecule has 1 unspecified atom stereocenters. The molecule has 4 aliphatic heterocycles. The lowest BCUT2D eigenvalue weighted by Gasteiger charge is -2.47. The van der Waals surface area contributed by atoms with E-state index in [0.29, 0.717) is 55.6 Å². The molecule has 3 amide bonds. The number of phenols is 1. The molecule has 1 aliphatic carbocycles. The van der Waals surface area contributed by atoms with Crippen LogP contribution in [0.3, 0.4) is 0 Å². The number of para-hydroxylation sites is 1. The Bertz CT molecular complexity index is 2110. The van der Waals surface area contributed by atoms with Gasteiger partial charge in [-0.3, -0.25) is 24.6 Å². The maximum absolute atomic E-state index is 14.7. The van der Waals surface area contributed by atoms with Gasteiger partial charge in [-0.1, -0.05) is 48.5 Å². The van der Waals surface area contributed by atoms with Gasteiger partial charge in [0.15, 0.2) is 0 Å². The van der Waals surface area contributed by atoms with Crippen LogP contribution in [0.1, 0.15) is 63.0 Å². The predicted molar refractivity (Wildman–Crippen MR) is 218 cm³/mol. The van der Waals surface area contributed by atoms with Crippen molar-refractivity contribution in [3.8, 4) is 17.0 Å². The molecule has 6 heterocycles. The summed E-state index contributed by atoms with van der Waals surface area (Å²) in [7, 11) is 0. The summed E-state index contributed by atoms with van der Waals surface area (Å²) in [4.78, 5) is 53.7. The van der Waals surface area contributed by atoms with Crippen LogP contribution in [0.5, 0.6) is 5.75 Å². The summed E-state index contributed by atoms with van der Waals surface area (Å²) in [6.07, 6.45) is 9.15. The number of amides is 3. The van der Waals surface area contributed by atoms with Crippen LogP contribution < -0.4 is 15.1 Å². The van der Waals surface area contributed by atoms with Gasteiger partial charge in [-0.25, -0.2) is 4.98 Å². The van der Waals surface area contributed by atoms with E-state index in [0.717, 1.165) is 87.6 Å². The molecular weight excluding hydrogens is 717 g/mol. The van der Waals surface area contributed by atoms with E-state index in [9.17, 15) is 19.5 Å². The molecule has 5 aliphatic rings. The Labute approximate surface area is 334 Å². The number of carbonyl (C=O) groups is 3. The van der Waals surface area contributed by atoms with Gasteiger partial charge in [0.2, 0.25) is 17.7 Å². The number of phenolic OH excluding ortho intramolecular Hbond substituents is 1. The van der Waals surface area contributed by atoms with Crippen LogP contribution in [0.2, 0.25) is 0 Å². The number of piperazine rings is 1. The molecule has 2 N–H and O–H groups in total. The Morgan fingerprint density at radius 3 is 2.28 bits per heavy atom. The van der Waals surface area contributed by atoms with Crippen molar-refractivity contribution in [2.45, 2.75) is 68.7 Å². The van der Waals surface area contributed by atoms with Crippen molar-refractivity contribution in [1.82, 2.24) is 30.3 Å². The molecule has 4 saturated heterocycles. The van der Waals surface area contributed by atoms with Crippen LogP contribution >= 0.6 is 0 Å². The van der Waals surface area contributed by atoms with E-state index in [1.54, 1.807) is 18.3 Å². The topological polar surface area (TPSA) is 135 Å². The zero-order chi connectivity index (χ0) is 39.1. The van der Waals surface area contributed by atoms with Crippen LogP contribution in [0.4, 0.5) is 11.5 Å². The monoisotopic (exact) mass is 768 g/mol. The lowest BCUT2D eigenvalue weighted by Crippen LogP contribution is -2.59. The van der Waals surface area contributed by atoms with E-state index in [1.807, 2.05) is 48.7 Å². The first-order valence-electron chi connectivity index (χ1n) is 20.8. The first-order chi connectivity index (χ1) is 27.7. The molecule has 5 fully saturated rings. The third kappa shape index (κ3) is 6.91. The molecule has 12 nitrogen and oxygen atoms in total. The summed E-state index contributed by atoms with van der Waals surface area (Å²) >= 11 is 0. The Hall–Kier alpha value is -5.36. The Balaban J connectivity index is 0.801. The normalized spacial score (nSPS) is 24.6. The van der Waals surface area contributed by atoms with Gasteiger partial charge in [0, 0.05) is 76.6 Å². The van der Waals surface area contributed by atoms with Crippen molar-refractivity contribution < 1.29 is 19.5 Å². The van der Waals surface area contributed by atoms with Crippen molar-refractivity contribution in [2.24, 2.45) is 11.8 Å². The largest absolute Gasteiger partial charge is 0.507 e. The zero-order valence-electron chi connectivity index (χ0n) is 32.7. The van der Waals surface area contributed by atoms with Gasteiger partial charge in [-0.2, -0.15) is 10.2 Å². The summed E-state index contributed by atoms with van der Waals surface area (Å²) in [5, 5.41) is 21.6. The number of hydrogen-bond acceptors (Lipinski definition) is 10. The average Bonchev–Trinajstić information content (AvgIpc) is 4.03. The summed E-state index contributed by atoms with van der Waals surface area (Å²) in [6.45, 7) is 8.84. The van der Waals surface area contributed by atoms with E-state index < -0.39 is 10.8 Å². The number of fused-ring (bicyclic) bond motifs is 1. The molecule has 2 aromatic heterocycles. The van der Waals surface area contributed by atoms with Gasteiger partial charge in [-0.15, -0.1) is 0 Å². The van der Waals surface area contributed by atoms with Crippen LogP contribution in [-0.2, 0) is 25.2 Å². The SMILES string of the molecule is C[C@@H](C1CCN(c2ccc([C@@]34CC3CCC(=O)NC4=O)cn2)CC1)N1CCN(C(=O)C2(c3ccccc3)CCN(c3cnnc(-c4ccccc4O)c3)CC2)CC1. The molecule has 0 radical (unpaired) electrons. The average molecular weight is 769 g/mol. The maximum atomic E-state index is 14.7. The molecule has 4 aromatic rings. The van der Waals surface area contributed by atoms with Crippen molar-refractivity contribution >= 4 is 29.2 Å². The molecule has 12 heteroatoms. The highest BCUT2D eigenvalue weighted by molar-refractivity contribution is 6.04. The van der Waals surface area contributed by atoms with Crippen molar-refractivity contribution in [3.63, 3.8) is 0 Å². The van der Waals surface area contributed by atoms with E-state index in [4.69, 9.17) is 4.98 Å². The van der Waals surface area contributed by atoms with E-state index in [2.05, 4.69) is 60.2 Å². The number of nitrogens with zero attached hydrogens (tertiary/aromatic N) is 7. The molecule has 57 heavy (non-hydrogen) atoms. The highest BCUT2D eigenvalue weighted by atomic mass is 16.3. The molecule has 296 valence electrons. The molecule has 1 saturated carbocycles. The third-order valence-corrected chi connectivity index (χ3v) is 14.0. The minimum absolute atomic E-state index is 0.165. The number of carbonyl (C=O) groups excluding carboxylic acids is 3. The number of imide groups is 1. The fraction of sp³-hybridized carbons (Fsp3) is 0.467. The number of aromatic hydroxyl groups is 1. The van der Waals surface area contributed by atoms with Crippen molar-refractivity contribution in [1.29, 1.82) is 0 Å². The highest BCUT2D eigenvalue weighted by Gasteiger charge is 2.62. The molecule has 3 atom stereocenters. The Morgan fingerprint density at radius 1 is 0.825 bits per heavy atom. The van der Waals surface area contributed by atoms with Crippen molar-refractivity contribution in [3.05, 3.63) is 96.3 Å². The number of benzene rings is 2. The summed E-state index contributed by atoms with van der Waals surface area (Å²) in [6, 6.07) is 24.0. The first-order valence-corrected chi connectivity index (χ1v) is 20.8. The Kier molecular flexibility index (Phi) is 9.92. The van der Waals surface area contributed by atoms with E-state index in [-0.39, 0.29) is 29.4 Å². The van der Waals surface area contributed by atoms with Crippen LogP contribution in [-0.4, -0.2) is 106 Å². The van der Waals surface area contributed by atoms with Gasteiger partial charge >= 0.3 is 0 Å². The van der Waals surface area contributed by atoms with Gasteiger partial charge in [0.05, 0.1) is 28.4 Å². The summed E-state index contributed by atoms with van der Waals surface area (Å²) in [5.74, 6) is 1.81. The molecule has 0 spiro atoms. The minimum Gasteiger partial charge on any atom is -0.507 e. The second-order valence-electron chi connectivity index (χ2n) is 16.8. The van der Waals surface area contributed by atoms with Gasteiger partial charge in [0.1, 0.15) is 11.6 Å². The fourth-order valence-electron chi connectivity index (χ4n) is 10.3. The molecule has 0 bridgehead atoms. The number of rotatable bonds is 8. The highest BCUT2D eigenvalue weighted by Crippen LogP contribution is 2.57. The number of nitrogens with one attached hydrogen (secondary N) is 1. The fourth-order valence-corrected chi connectivity index (χ4v) is 10.3. The minimum atomic E-state index is -0.590. The van der Waals surface area contributed by atoms with Gasteiger partial charge in [0.25, 0.3) is 0 Å². The number of pyridine rings is 1. The first kappa shape index (κ1) is 37.2. The van der Waals surface area contributed by atoms with Crippen molar-refractivity contribution in [2.75, 3.05) is 62.2 Å². The second kappa shape index (κ2) is 15.2. The van der Waals surface area contributed by atoms with Crippen LogP contribution in [0.15, 0.2) is 85.2 Å². The predicted octanol–water partition coefficient (Wildman–Crippen LogP) is 4.93. The third-order valence-electron chi connectivity index (χ3n) is 14.0. The lowest BCUT2D eigenvalue weighted by molar-refractivity contribution is -0.140. The Morgan fingerprint density at radius 2 is 1.56 bits per heavy atom. The number of anilines is 2. The smallest absolute Gasteiger partial charge is 0.237 e. The number of aromatic nitrogens is 3. The summed E-state index contributed by atoms with van der Waals surface area (Å²) in [5.41, 5.74) is 3.05. The number of piperidine rings is 2. The maximum Gasteiger partial charge on any atom is 0.237 e. The number of hydrogen-bond donors (Lipinski definition) is 2. The molecule has 9 rings (SSSR count). The standard InChI is InChI=1S/C45H52N8O4/c1-31(32-15-19-52(20-16-32)40-13-11-35(29-46-40)45-28-34(45)12-14-41(55)48-42(45)56)50-23-25-53(26-24-50)43(57)44(33-7-3-2-4-8-33)17-21-51(22-18-44)36-27-38(49-47-30-36)37-9-5-6-10-39(37)54/h2-11,13,27,29-32,34,54H,12,14-26,28H2,1H3,(H,48,55,56)/t31-,34?,45+/m0/s1. The lowest BCUT2D eigenvalue weighted by atomic mass is 9.71. The second-order valence-corrected chi connectivity index (χ2v) is 16.8. The van der Waals surface area contributed by atoms with Gasteiger partial charge < -0.3 is 19.8 Å².